The highest BCUT2D eigenvalue weighted by Gasteiger charge is 2.13. The van der Waals surface area contributed by atoms with Crippen molar-refractivity contribution in [3.05, 3.63) is 66.4 Å². The summed E-state index contributed by atoms with van der Waals surface area (Å²) >= 11 is 1.71. The Hall–Kier alpha value is -2.67. The van der Waals surface area contributed by atoms with Gasteiger partial charge in [-0.25, -0.2) is 14.6 Å². The van der Waals surface area contributed by atoms with Gasteiger partial charge < -0.3 is 5.32 Å². The van der Waals surface area contributed by atoms with Crippen LogP contribution in [0.25, 0.3) is 5.82 Å². The molecule has 0 bridgehead atoms. The average Bonchev–Trinajstić information content (AvgIpc) is 3.14. The molecule has 1 N–H and O–H groups in total. The molecule has 1 amide bonds. The van der Waals surface area contributed by atoms with Crippen molar-refractivity contribution in [1.82, 2.24) is 25.1 Å². The quantitative estimate of drug-likeness (QED) is 0.552. The van der Waals surface area contributed by atoms with Crippen molar-refractivity contribution in [2.24, 2.45) is 0 Å². The van der Waals surface area contributed by atoms with Crippen molar-refractivity contribution in [3.8, 4) is 5.82 Å². The number of thioether (sulfide) groups is 1. The van der Waals surface area contributed by atoms with Gasteiger partial charge in [-0.1, -0.05) is 17.7 Å². The van der Waals surface area contributed by atoms with Crippen molar-refractivity contribution in [3.63, 3.8) is 0 Å². The number of rotatable bonds is 6. The molecule has 0 saturated heterocycles. The third-order valence-corrected chi connectivity index (χ3v) is 4.36. The zero-order chi connectivity index (χ0) is 16.8. The maximum absolute atomic E-state index is 12.4. The van der Waals surface area contributed by atoms with Crippen molar-refractivity contribution in [2.45, 2.75) is 11.8 Å². The summed E-state index contributed by atoms with van der Waals surface area (Å²) in [6, 6.07) is 11.8. The van der Waals surface area contributed by atoms with E-state index in [1.807, 2.05) is 0 Å². The van der Waals surface area contributed by atoms with E-state index in [1.54, 1.807) is 30.1 Å². The second kappa shape index (κ2) is 7.74. The summed E-state index contributed by atoms with van der Waals surface area (Å²) in [6.07, 6.45) is 4.56. The van der Waals surface area contributed by atoms with Crippen LogP contribution in [0.5, 0.6) is 0 Å². The van der Waals surface area contributed by atoms with Crippen LogP contribution >= 0.6 is 11.8 Å². The van der Waals surface area contributed by atoms with E-state index in [0.717, 1.165) is 5.75 Å². The largest absolute Gasteiger partial charge is 0.351 e. The minimum atomic E-state index is -0.168. The second-order valence-corrected chi connectivity index (χ2v) is 6.30. The lowest BCUT2D eigenvalue weighted by Gasteiger charge is -2.09. The molecule has 122 valence electrons. The van der Waals surface area contributed by atoms with Gasteiger partial charge in [-0.15, -0.1) is 11.8 Å². The number of aromatic nitrogens is 4. The van der Waals surface area contributed by atoms with E-state index in [2.05, 4.69) is 51.6 Å². The van der Waals surface area contributed by atoms with Gasteiger partial charge >= 0.3 is 0 Å². The van der Waals surface area contributed by atoms with E-state index in [4.69, 9.17) is 0 Å². The topological polar surface area (TPSA) is 72.7 Å². The first-order valence-corrected chi connectivity index (χ1v) is 8.50. The molecule has 2 aromatic heterocycles. The van der Waals surface area contributed by atoms with Gasteiger partial charge in [-0.05, 0) is 31.2 Å². The summed E-state index contributed by atoms with van der Waals surface area (Å²) < 4.78 is 1.48. The van der Waals surface area contributed by atoms with Crippen molar-refractivity contribution in [2.75, 3.05) is 12.3 Å². The highest BCUT2D eigenvalue weighted by molar-refractivity contribution is 7.99. The number of aryl methyl sites for hydroxylation is 1. The standard InChI is InChI=1S/C17H17N5OS/c1-13-4-6-14(7-5-13)24-10-9-20-17(23)15-3-2-8-19-16(15)22-12-18-11-21-22/h2-8,11-12H,9-10H2,1H3,(H,20,23). The first kappa shape index (κ1) is 16.2. The van der Waals surface area contributed by atoms with E-state index in [9.17, 15) is 4.79 Å². The van der Waals surface area contributed by atoms with Crippen LogP contribution in [0.2, 0.25) is 0 Å². The van der Waals surface area contributed by atoms with Crippen LogP contribution in [0.15, 0.2) is 60.1 Å². The molecule has 1 aromatic carbocycles. The van der Waals surface area contributed by atoms with Gasteiger partial charge in [0.2, 0.25) is 0 Å². The molecule has 0 unspecified atom stereocenters. The fourth-order valence-corrected chi connectivity index (χ4v) is 2.91. The summed E-state index contributed by atoms with van der Waals surface area (Å²) in [5.41, 5.74) is 1.72. The van der Waals surface area contributed by atoms with Gasteiger partial charge in [0, 0.05) is 23.4 Å². The molecule has 2 heterocycles. The molecule has 0 aliphatic heterocycles. The van der Waals surface area contributed by atoms with E-state index < -0.39 is 0 Å². The Morgan fingerprint density at radius 3 is 2.83 bits per heavy atom. The van der Waals surface area contributed by atoms with Crippen molar-refractivity contribution < 1.29 is 4.79 Å². The third kappa shape index (κ3) is 3.99. The first-order valence-electron chi connectivity index (χ1n) is 7.52. The molecule has 0 atom stereocenters. The van der Waals surface area contributed by atoms with Gasteiger partial charge in [-0.2, -0.15) is 5.10 Å². The van der Waals surface area contributed by atoms with Gasteiger partial charge in [0.1, 0.15) is 12.7 Å². The van der Waals surface area contributed by atoms with E-state index >= 15 is 0 Å². The smallest absolute Gasteiger partial charge is 0.255 e. The van der Waals surface area contributed by atoms with Crippen molar-refractivity contribution >= 4 is 17.7 Å². The first-order chi connectivity index (χ1) is 11.7. The predicted molar refractivity (Wildman–Crippen MR) is 93.4 cm³/mol. The molecule has 24 heavy (non-hydrogen) atoms. The normalized spacial score (nSPS) is 10.5. The molecule has 0 spiro atoms. The van der Waals surface area contributed by atoms with Gasteiger partial charge in [0.25, 0.3) is 5.91 Å². The number of nitrogens with zero attached hydrogens (tertiary/aromatic N) is 4. The zero-order valence-electron chi connectivity index (χ0n) is 13.2. The number of benzene rings is 1. The minimum absolute atomic E-state index is 0.168. The molecule has 0 fully saturated rings. The van der Waals surface area contributed by atoms with Crippen LogP contribution in [0.3, 0.4) is 0 Å². The molecule has 3 rings (SSSR count). The summed E-state index contributed by atoms with van der Waals surface area (Å²) in [6.45, 7) is 2.64. The number of pyridine rings is 1. The van der Waals surface area contributed by atoms with Crippen LogP contribution in [-0.4, -0.2) is 38.0 Å². The summed E-state index contributed by atoms with van der Waals surface area (Å²) in [5.74, 6) is 1.10. The number of nitrogens with one attached hydrogen (secondary N) is 1. The molecular formula is C17H17N5OS. The SMILES string of the molecule is Cc1ccc(SCCNC(=O)c2cccnc2-n2cncn2)cc1. The third-order valence-electron chi connectivity index (χ3n) is 3.34. The number of amides is 1. The minimum Gasteiger partial charge on any atom is -0.351 e. The van der Waals surface area contributed by atoms with Crippen LogP contribution in [0.4, 0.5) is 0 Å². The Morgan fingerprint density at radius 1 is 1.25 bits per heavy atom. The van der Waals surface area contributed by atoms with Crippen LogP contribution in [0.1, 0.15) is 15.9 Å². The molecule has 0 aliphatic carbocycles. The van der Waals surface area contributed by atoms with E-state index in [-0.39, 0.29) is 5.91 Å². The Labute approximate surface area is 144 Å². The average molecular weight is 339 g/mol. The number of carbonyl (C=O) groups is 1. The van der Waals surface area contributed by atoms with Gasteiger partial charge in [-0.3, -0.25) is 4.79 Å². The monoisotopic (exact) mass is 339 g/mol. The Kier molecular flexibility index (Phi) is 5.22. The van der Waals surface area contributed by atoms with Gasteiger partial charge in [0.05, 0.1) is 5.56 Å². The molecule has 0 aliphatic rings. The summed E-state index contributed by atoms with van der Waals surface area (Å²) in [4.78, 5) is 21.7. The molecule has 3 aromatic rings. The number of carbonyl (C=O) groups excluding carboxylic acids is 1. The molecule has 0 saturated carbocycles. The maximum atomic E-state index is 12.4. The summed E-state index contributed by atoms with van der Waals surface area (Å²) in [5, 5.41) is 6.95. The van der Waals surface area contributed by atoms with Crippen LogP contribution < -0.4 is 5.32 Å². The van der Waals surface area contributed by atoms with Crippen LogP contribution in [-0.2, 0) is 0 Å². The number of hydrogen-bond acceptors (Lipinski definition) is 5. The Bertz CT molecular complexity index is 802. The lowest BCUT2D eigenvalue weighted by atomic mass is 10.2. The van der Waals surface area contributed by atoms with Crippen molar-refractivity contribution in [1.29, 1.82) is 0 Å². The number of hydrogen-bond donors (Lipinski definition) is 1. The lowest BCUT2D eigenvalue weighted by molar-refractivity contribution is 0.0955. The van der Waals surface area contributed by atoms with E-state index in [1.165, 1.54) is 27.8 Å². The maximum Gasteiger partial charge on any atom is 0.255 e. The molecule has 6 nitrogen and oxygen atoms in total. The Morgan fingerprint density at radius 2 is 2.08 bits per heavy atom. The lowest BCUT2D eigenvalue weighted by Crippen LogP contribution is -2.27. The predicted octanol–water partition coefficient (Wildman–Crippen LogP) is 2.49. The highest BCUT2D eigenvalue weighted by Crippen LogP contribution is 2.17. The Balaban J connectivity index is 1.57. The fourth-order valence-electron chi connectivity index (χ4n) is 2.14. The zero-order valence-corrected chi connectivity index (χ0v) is 14.0. The molecular weight excluding hydrogens is 322 g/mol. The van der Waals surface area contributed by atoms with Gasteiger partial charge in [0.15, 0.2) is 5.82 Å². The molecule has 7 heteroatoms. The highest BCUT2D eigenvalue weighted by atomic mass is 32.2. The van der Waals surface area contributed by atoms with E-state index in [0.29, 0.717) is 17.9 Å². The second-order valence-electron chi connectivity index (χ2n) is 5.13. The molecule has 0 radical (unpaired) electrons. The summed E-state index contributed by atoms with van der Waals surface area (Å²) in [7, 11) is 0. The fraction of sp³-hybridized carbons (Fsp3) is 0.176. The van der Waals surface area contributed by atoms with Crippen LogP contribution in [0, 0.1) is 6.92 Å².